The van der Waals surface area contributed by atoms with Crippen molar-refractivity contribution < 1.29 is 36.2 Å². The molecule has 0 amide bonds. The van der Waals surface area contributed by atoms with E-state index in [1.165, 1.54) is 0 Å². The van der Waals surface area contributed by atoms with Gasteiger partial charge in [0.15, 0.2) is 0 Å². The van der Waals surface area contributed by atoms with Crippen LogP contribution in [-0.4, -0.2) is 11.1 Å². The molecule has 1 rings (SSSR count). The maximum Gasteiger partial charge on any atom is 0.418 e. The fraction of sp³-hybridized carbons (Fsp3) is 0.182. The quantitative estimate of drug-likeness (QED) is 0.500. The molecule has 0 aliphatic heterocycles. The predicted octanol–water partition coefficient (Wildman–Crippen LogP) is 3.40. The number of nitrogen functional groups attached to an aromatic ring is 1. The lowest BCUT2D eigenvalue weighted by Crippen LogP contribution is -2.17. The van der Waals surface area contributed by atoms with E-state index in [-0.39, 0.29) is 12.2 Å². The summed E-state index contributed by atoms with van der Waals surface area (Å²) in [6, 6.07) is 0.843. The minimum Gasteiger partial charge on any atom is -0.478 e. The molecule has 0 aromatic heterocycles. The summed E-state index contributed by atoms with van der Waals surface area (Å²) in [4.78, 5) is 10.3. The van der Waals surface area contributed by atoms with Crippen molar-refractivity contribution in [3.8, 4) is 0 Å². The van der Waals surface area contributed by atoms with E-state index in [1.54, 1.807) is 0 Å². The Morgan fingerprint density at radius 1 is 1.10 bits per heavy atom. The first-order valence-electron chi connectivity index (χ1n) is 4.92. The van der Waals surface area contributed by atoms with Crippen molar-refractivity contribution >= 4 is 17.7 Å². The molecule has 0 fully saturated rings. The second-order valence-corrected chi connectivity index (χ2v) is 3.66. The summed E-state index contributed by atoms with van der Waals surface area (Å²) in [6.45, 7) is 0. The number of rotatable bonds is 2. The van der Waals surface area contributed by atoms with Crippen LogP contribution < -0.4 is 5.73 Å². The standard InChI is InChI=1S/C11H7F6NO2/c12-10(13,14)6-2-3-7(18)9(11(15,16)17)5(6)1-4-8(19)20/h1-4H,18H2,(H,19,20)/b4-1+. The lowest BCUT2D eigenvalue weighted by Gasteiger charge is -2.18. The molecule has 0 bridgehead atoms. The van der Waals surface area contributed by atoms with Crippen molar-refractivity contribution in [2.24, 2.45) is 0 Å². The van der Waals surface area contributed by atoms with Gasteiger partial charge in [-0.2, -0.15) is 26.3 Å². The van der Waals surface area contributed by atoms with Crippen LogP contribution in [0.15, 0.2) is 18.2 Å². The second-order valence-electron chi connectivity index (χ2n) is 3.66. The average molecular weight is 299 g/mol. The number of halogens is 6. The molecule has 0 saturated heterocycles. The number of anilines is 1. The summed E-state index contributed by atoms with van der Waals surface area (Å²) in [6.07, 6.45) is -9.82. The number of hydrogen-bond acceptors (Lipinski definition) is 2. The zero-order valence-electron chi connectivity index (χ0n) is 9.51. The van der Waals surface area contributed by atoms with Crippen molar-refractivity contribution in [3.63, 3.8) is 0 Å². The van der Waals surface area contributed by atoms with Gasteiger partial charge in [-0.3, -0.25) is 0 Å². The van der Waals surface area contributed by atoms with Gasteiger partial charge in [0.25, 0.3) is 0 Å². The smallest absolute Gasteiger partial charge is 0.418 e. The molecular weight excluding hydrogens is 292 g/mol. The Hall–Kier alpha value is -2.19. The van der Waals surface area contributed by atoms with Crippen LogP contribution in [0.1, 0.15) is 16.7 Å². The SMILES string of the molecule is Nc1ccc(C(F)(F)F)c(/C=C/C(=O)O)c1C(F)(F)F. The number of carboxylic acid groups (broad SMARTS) is 1. The summed E-state index contributed by atoms with van der Waals surface area (Å²) in [5.41, 5.74) is -0.522. The monoisotopic (exact) mass is 299 g/mol. The molecule has 0 radical (unpaired) electrons. The molecule has 0 aliphatic rings. The average Bonchev–Trinajstić information content (AvgIpc) is 2.22. The van der Waals surface area contributed by atoms with Crippen LogP contribution in [0, 0.1) is 0 Å². The fourth-order valence-electron chi connectivity index (χ4n) is 1.53. The molecule has 3 N–H and O–H groups in total. The number of aliphatic carboxylic acids is 1. The van der Waals surface area contributed by atoms with Gasteiger partial charge in [-0.25, -0.2) is 4.79 Å². The number of carbonyl (C=O) groups is 1. The highest BCUT2D eigenvalue weighted by Crippen LogP contribution is 2.42. The molecule has 20 heavy (non-hydrogen) atoms. The zero-order chi connectivity index (χ0) is 15.7. The third-order valence-electron chi connectivity index (χ3n) is 2.26. The van der Waals surface area contributed by atoms with E-state index in [1.807, 2.05) is 0 Å². The van der Waals surface area contributed by atoms with Crippen LogP contribution in [0.25, 0.3) is 6.08 Å². The summed E-state index contributed by atoms with van der Waals surface area (Å²) < 4.78 is 76.4. The van der Waals surface area contributed by atoms with Crippen LogP contribution >= 0.6 is 0 Å². The Morgan fingerprint density at radius 3 is 2.05 bits per heavy atom. The normalized spacial score (nSPS) is 12.9. The van der Waals surface area contributed by atoms with Gasteiger partial charge < -0.3 is 10.8 Å². The van der Waals surface area contributed by atoms with Gasteiger partial charge in [-0.15, -0.1) is 0 Å². The van der Waals surface area contributed by atoms with Crippen molar-refractivity contribution in [1.29, 1.82) is 0 Å². The van der Waals surface area contributed by atoms with Crippen molar-refractivity contribution in [3.05, 3.63) is 34.9 Å². The molecule has 0 saturated carbocycles. The lowest BCUT2D eigenvalue weighted by molar-refractivity contribution is -0.143. The molecule has 0 atom stereocenters. The van der Waals surface area contributed by atoms with Crippen LogP contribution in [0.3, 0.4) is 0 Å². The van der Waals surface area contributed by atoms with Gasteiger partial charge in [-0.05, 0) is 18.2 Å². The molecule has 110 valence electrons. The van der Waals surface area contributed by atoms with Gasteiger partial charge in [-0.1, -0.05) is 0 Å². The highest BCUT2D eigenvalue weighted by molar-refractivity contribution is 5.86. The largest absolute Gasteiger partial charge is 0.478 e. The molecule has 1 aromatic carbocycles. The number of alkyl halides is 6. The maximum atomic E-state index is 12.8. The Morgan fingerprint density at radius 2 is 1.65 bits per heavy atom. The summed E-state index contributed by atoms with van der Waals surface area (Å²) in [5.74, 6) is -1.69. The molecule has 9 heteroatoms. The number of hydrogen-bond donors (Lipinski definition) is 2. The Kier molecular flexibility index (Phi) is 4.02. The molecule has 0 unspecified atom stereocenters. The predicted molar refractivity (Wildman–Crippen MR) is 57.5 cm³/mol. The molecular formula is C11H7F6NO2. The number of nitrogens with two attached hydrogens (primary N) is 1. The van der Waals surface area contributed by atoms with Crippen LogP contribution in [0.5, 0.6) is 0 Å². The van der Waals surface area contributed by atoms with E-state index in [4.69, 9.17) is 10.8 Å². The summed E-state index contributed by atoms with van der Waals surface area (Å²) >= 11 is 0. The first kappa shape index (κ1) is 15.9. The van der Waals surface area contributed by atoms with E-state index in [9.17, 15) is 31.1 Å². The zero-order valence-corrected chi connectivity index (χ0v) is 9.51. The Labute approximate surface area is 108 Å². The van der Waals surface area contributed by atoms with Crippen LogP contribution in [0.4, 0.5) is 32.0 Å². The third-order valence-corrected chi connectivity index (χ3v) is 2.26. The number of benzene rings is 1. The van der Waals surface area contributed by atoms with E-state index < -0.39 is 40.7 Å². The first-order valence-corrected chi connectivity index (χ1v) is 4.92. The minimum absolute atomic E-state index is 0.180. The van der Waals surface area contributed by atoms with Gasteiger partial charge >= 0.3 is 18.3 Å². The van der Waals surface area contributed by atoms with E-state index in [0.29, 0.717) is 12.1 Å². The Balaban J connectivity index is 3.69. The molecule has 0 spiro atoms. The highest BCUT2D eigenvalue weighted by atomic mass is 19.4. The fourth-order valence-corrected chi connectivity index (χ4v) is 1.53. The van der Waals surface area contributed by atoms with Crippen LogP contribution in [0.2, 0.25) is 0 Å². The van der Waals surface area contributed by atoms with Gasteiger partial charge in [0.1, 0.15) is 0 Å². The third kappa shape index (κ3) is 3.43. The molecule has 3 nitrogen and oxygen atoms in total. The highest BCUT2D eigenvalue weighted by Gasteiger charge is 2.41. The van der Waals surface area contributed by atoms with E-state index in [2.05, 4.69) is 0 Å². The van der Waals surface area contributed by atoms with E-state index >= 15 is 0 Å². The maximum absolute atomic E-state index is 12.8. The van der Waals surface area contributed by atoms with Crippen LogP contribution in [-0.2, 0) is 17.1 Å². The van der Waals surface area contributed by atoms with Crippen molar-refractivity contribution in [2.75, 3.05) is 5.73 Å². The lowest BCUT2D eigenvalue weighted by atomic mass is 9.97. The number of carboxylic acids is 1. The van der Waals surface area contributed by atoms with Gasteiger partial charge in [0.05, 0.1) is 11.1 Å². The second kappa shape index (κ2) is 5.06. The topological polar surface area (TPSA) is 63.3 Å². The van der Waals surface area contributed by atoms with Gasteiger partial charge in [0, 0.05) is 17.3 Å². The Bertz CT molecular complexity index is 559. The minimum atomic E-state index is -5.15. The molecule has 0 heterocycles. The van der Waals surface area contributed by atoms with Crippen molar-refractivity contribution in [1.82, 2.24) is 0 Å². The van der Waals surface area contributed by atoms with E-state index in [0.717, 1.165) is 0 Å². The first-order chi connectivity index (χ1) is 8.94. The van der Waals surface area contributed by atoms with Gasteiger partial charge in [0.2, 0.25) is 0 Å². The molecule has 1 aromatic rings. The molecule has 0 aliphatic carbocycles. The summed E-state index contributed by atoms with van der Waals surface area (Å²) in [7, 11) is 0. The summed E-state index contributed by atoms with van der Waals surface area (Å²) in [5, 5.41) is 8.35. The van der Waals surface area contributed by atoms with Crippen molar-refractivity contribution in [2.45, 2.75) is 12.4 Å².